The highest BCUT2D eigenvalue weighted by Crippen LogP contribution is 2.35. The summed E-state index contributed by atoms with van der Waals surface area (Å²) in [6, 6.07) is 17.0. The molecule has 220 valence electrons. The van der Waals surface area contributed by atoms with Gasteiger partial charge in [-0.15, -0.1) is 0 Å². The van der Waals surface area contributed by atoms with Crippen molar-refractivity contribution in [2.45, 2.75) is 57.5 Å². The standard InChI is InChI=1S/C30H34Cl3N3O4S/c1-4-6-18-34-30(38)26(5-2)35(19-22-12-14-23(31)15-13-22)28(37)20-36(27-9-7-8-25(32)29(27)33)41(39,40)24-16-10-21(3)11-17-24/h7-17,26H,4-6,18-20H2,1-3H3,(H,34,38)/t26-/m1/s1. The molecule has 2 amide bonds. The number of sulfonamides is 1. The Morgan fingerprint density at radius 2 is 1.59 bits per heavy atom. The Hall–Kier alpha value is -2.78. The van der Waals surface area contributed by atoms with Gasteiger partial charge in [-0.25, -0.2) is 8.42 Å². The molecule has 0 bridgehead atoms. The van der Waals surface area contributed by atoms with Crippen molar-refractivity contribution in [3.05, 3.63) is 92.9 Å². The first-order chi connectivity index (χ1) is 19.5. The molecular weight excluding hydrogens is 605 g/mol. The predicted octanol–water partition coefficient (Wildman–Crippen LogP) is 6.87. The number of benzene rings is 3. The van der Waals surface area contributed by atoms with E-state index in [1.807, 2.05) is 13.8 Å². The first-order valence-electron chi connectivity index (χ1n) is 13.3. The molecule has 0 spiro atoms. The lowest BCUT2D eigenvalue weighted by Gasteiger charge is -2.33. The molecule has 0 heterocycles. The van der Waals surface area contributed by atoms with Gasteiger partial charge in [0.2, 0.25) is 11.8 Å². The summed E-state index contributed by atoms with van der Waals surface area (Å²) in [4.78, 5) is 28.7. The molecule has 3 rings (SSSR count). The zero-order chi connectivity index (χ0) is 30.2. The molecule has 3 aromatic rings. The van der Waals surface area contributed by atoms with Crippen LogP contribution in [0.2, 0.25) is 15.1 Å². The van der Waals surface area contributed by atoms with Crippen LogP contribution in [0, 0.1) is 6.92 Å². The maximum absolute atomic E-state index is 14.1. The van der Waals surface area contributed by atoms with Gasteiger partial charge in [0.15, 0.2) is 0 Å². The number of anilines is 1. The van der Waals surface area contributed by atoms with E-state index in [1.165, 1.54) is 29.2 Å². The van der Waals surface area contributed by atoms with Gasteiger partial charge in [-0.1, -0.05) is 91.0 Å². The average molecular weight is 639 g/mol. The lowest BCUT2D eigenvalue weighted by Crippen LogP contribution is -2.52. The summed E-state index contributed by atoms with van der Waals surface area (Å²) in [7, 11) is -4.26. The van der Waals surface area contributed by atoms with Crippen molar-refractivity contribution < 1.29 is 18.0 Å². The predicted molar refractivity (Wildman–Crippen MR) is 166 cm³/mol. The minimum atomic E-state index is -4.26. The van der Waals surface area contributed by atoms with Crippen LogP contribution < -0.4 is 9.62 Å². The van der Waals surface area contributed by atoms with Gasteiger partial charge in [-0.05, 0) is 61.7 Å². The number of aryl methyl sites for hydroxylation is 1. The third-order valence-corrected chi connectivity index (χ3v) is 9.40. The lowest BCUT2D eigenvalue weighted by atomic mass is 10.1. The van der Waals surface area contributed by atoms with Crippen molar-refractivity contribution in [3.63, 3.8) is 0 Å². The molecule has 0 unspecified atom stereocenters. The fourth-order valence-corrected chi connectivity index (χ4v) is 6.25. The van der Waals surface area contributed by atoms with E-state index in [4.69, 9.17) is 34.8 Å². The van der Waals surface area contributed by atoms with Crippen LogP contribution in [0.15, 0.2) is 71.6 Å². The van der Waals surface area contributed by atoms with E-state index in [0.717, 1.165) is 28.3 Å². The summed E-state index contributed by atoms with van der Waals surface area (Å²) in [6.07, 6.45) is 2.01. The largest absolute Gasteiger partial charge is 0.354 e. The number of nitrogens with one attached hydrogen (secondary N) is 1. The van der Waals surface area contributed by atoms with Crippen molar-refractivity contribution in [3.8, 4) is 0 Å². The molecule has 11 heteroatoms. The van der Waals surface area contributed by atoms with Crippen LogP contribution >= 0.6 is 34.8 Å². The van der Waals surface area contributed by atoms with Crippen LogP contribution in [-0.2, 0) is 26.2 Å². The highest BCUT2D eigenvalue weighted by molar-refractivity contribution is 7.92. The summed E-state index contributed by atoms with van der Waals surface area (Å²) >= 11 is 18.8. The molecule has 0 saturated carbocycles. The summed E-state index contributed by atoms with van der Waals surface area (Å²) in [5.41, 5.74) is 1.66. The maximum Gasteiger partial charge on any atom is 0.264 e. The molecule has 1 atom stereocenters. The second-order valence-corrected chi connectivity index (χ2v) is 12.7. The minimum absolute atomic E-state index is 0.00810. The molecule has 0 fully saturated rings. The van der Waals surface area contributed by atoms with Gasteiger partial charge >= 0.3 is 0 Å². The zero-order valence-corrected chi connectivity index (χ0v) is 26.3. The SMILES string of the molecule is CCCCNC(=O)[C@@H](CC)N(Cc1ccc(Cl)cc1)C(=O)CN(c1cccc(Cl)c1Cl)S(=O)(=O)c1ccc(C)cc1. The van der Waals surface area contributed by atoms with Gasteiger partial charge in [0.25, 0.3) is 10.0 Å². The molecule has 0 aromatic heterocycles. The highest BCUT2D eigenvalue weighted by Gasteiger charge is 2.34. The number of halogens is 3. The van der Waals surface area contributed by atoms with Crippen molar-refractivity contribution in [2.75, 3.05) is 17.4 Å². The van der Waals surface area contributed by atoms with Gasteiger partial charge in [0, 0.05) is 18.1 Å². The van der Waals surface area contributed by atoms with Crippen LogP contribution in [0.1, 0.15) is 44.2 Å². The number of carbonyl (C=O) groups excluding carboxylic acids is 2. The van der Waals surface area contributed by atoms with Crippen molar-refractivity contribution in [1.29, 1.82) is 0 Å². The van der Waals surface area contributed by atoms with Gasteiger partial charge in [0.05, 0.1) is 20.6 Å². The molecule has 3 aromatic carbocycles. The maximum atomic E-state index is 14.1. The third kappa shape index (κ3) is 8.38. The number of rotatable bonds is 13. The fourth-order valence-electron chi connectivity index (χ4n) is 4.25. The van der Waals surface area contributed by atoms with E-state index in [2.05, 4.69) is 5.32 Å². The van der Waals surface area contributed by atoms with Crippen LogP contribution in [0.4, 0.5) is 5.69 Å². The molecule has 41 heavy (non-hydrogen) atoms. The van der Waals surface area contributed by atoms with Crippen LogP contribution in [0.25, 0.3) is 0 Å². The van der Waals surface area contributed by atoms with Gasteiger partial charge in [0.1, 0.15) is 12.6 Å². The monoisotopic (exact) mass is 637 g/mol. The van der Waals surface area contributed by atoms with Crippen molar-refractivity contribution in [1.82, 2.24) is 10.2 Å². The first-order valence-corrected chi connectivity index (χ1v) is 15.9. The van der Waals surface area contributed by atoms with Crippen molar-refractivity contribution >= 4 is 62.3 Å². The van der Waals surface area contributed by atoms with Crippen LogP contribution in [0.5, 0.6) is 0 Å². The van der Waals surface area contributed by atoms with Gasteiger partial charge < -0.3 is 10.2 Å². The number of unbranched alkanes of at least 4 members (excludes halogenated alkanes) is 1. The van der Waals surface area contributed by atoms with Crippen LogP contribution in [0.3, 0.4) is 0 Å². The molecule has 0 aliphatic rings. The summed E-state index contributed by atoms with van der Waals surface area (Å²) in [5.74, 6) is -0.888. The fraction of sp³-hybridized carbons (Fsp3) is 0.333. The van der Waals surface area contributed by atoms with E-state index in [-0.39, 0.29) is 33.1 Å². The van der Waals surface area contributed by atoms with E-state index >= 15 is 0 Å². The molecule has 0 saturated heterocycles. The zero-order valence-electron chi connectivity index (χ0n) is 23.2. The molecule has 7 nitrogen and oxygen atoms in total. The van der Waals surface area contributed by atoms with Gasteiger partial charge in [-0.2, -0.15) is 0 Å². The van der Waals surface area contributed by atoms with Gasteiger partial charge in [-0.3, -0.25) is 13.9 Å². The smallest absolute Gasteiger partial charge is 0.264 e. The molecule has 1 N–H and O–H groups in total. The Morgan fingerprint density at radius 1 is 0.927 bits per heavy atom. The quantitative estimate of drug-likeness (QED) is 0.207. The van der Waals surface area contributed by atoms with E-state index in [1.54, 1.807) is 49.4 Å². The lowest BCUT2D eigenvalue weighted by molar-refractivity contribution is -0.140. The van der Waals surface area contributed by atoms with Crippen LogP contribution in [-0.4, -0.2) is 44.3 Å². The summed E-state index contributed by atoms with van der Waals surface area (Å²) in [5, 5.41) is 3.56. The number of hydrogen-bond acceptors (Lipinski definition) is 4. The van der Waals surface area contributed by atoms with E-state index in [9.17, 15) is 18.0 Å². The van der Waals surface area contributed by atoms with Crippen molar-refractivity contribution in [2.24, 2.45) is 0 Å². The number of hydrogen-bond donors (Lipinski definition) is 1. The molecule has 0 aliphatic heterocycles. The normalized spacial score (nSPS) is 12.0. The Morgan fingerprint density at radius 3 is 2.20 bits per heavy atom. The second kappa shape index (κ2) is 14.9. The molecule has 0 aliphatic carbocycles. The average Bonchev–Trinajstić information content (AvgIpc) is 2.94. The molecular formula is C30H34Cl3N3O4S. The van der Waals surface area contributed by atoms with E-state index in [0.29, 0.717) is 18.0 Å². The Bertz CT molecular complexity index is 1450. The minimum Gasteiger partial charge on any atom is -0.354 e. The Balaban J connectivity index is 2.07. The third-order valence-electron chi connectivity index (χ3n) is 6.57. The number of amides is 2. The first kappa shape index (κ1) is 32.7. The summed E-state index contributed by atoms with van der Waals surface area (Å²) < 4.78 is 28.9. The number of carbonyl (C=O) groups is 2. The Kier molecular flexibility index (Phi) is 11.9. The highest BCUT2D eigenvalue weighted by atomic mass is 35.5. The van der Waals surface area contributed by atoms with E-state index < -0.39 is 28.5 Å². The summed E-state index contributed by atoms with van der Waals surface area (Å²) in [6.45, 7) is 5.60. The second-order valence-electron chi connectivity index (χ2n) is 9.61. The Labute approximate surface area is 257 Å². The number of nitrogens with zero attached hydrogens (tertiary/aromatic N) is 2. The molecule has 0 radical (unpaired) electrons. The topological polar surface area (TPSA) is 86.8 Å².